The summed E-state index contributed by atoms with van der Waals surface area (Å²) >= 11 is 0. The number of aryl methyl sites for hydroxylation is 2. The van der Waals surface area contributed by atoms with Crippen LogP contribution in [0.25, 0.3) is 55.7 Å². The first-order valence-corrected chi connectivity index (χ1v) is 12.2. The number of hydrogen-bond acceptors (Lipinski definition) is 2. The summed E-state index contributed by atoms with van der Waals surface area (Å²) in [6.45, 7) is 4.29. The van der Waals surface area contributed by atoms with Gasteiger partial charge in [0, 0.05) is 28.2 Å². The maximum Gasteiger partial charge on any atom is 0.164 e. The van der Waals surface area contributed by atoms with Crippen molar-refractivity contribution in [3.8, 4) is 22.8 Å². The second-order valence-corrected chi connectivity index (χ2v) is 9.27. The lowest BCUT2D eigenvalue weighted by Gasteiger charge is -2.15. The predicted molar refractivity (Wildman–Crippen MR) is 148 cm³/mol. The van der Waals surface area contributed by atoms with Gasteiger partial charge < -0.3 is 4.57 Å². The largest absolute Gasteiger partial charge is 0.309 e. The molecule has 36 heavy (non-hydrogen) atoms. The van der Waals surface area contributed by atoms with Crippen molar-refractivity contribution in [3.05, 3.63) is 120 Å². The van der Waals surface area contributed by atoms with Gasteiger partial charge in [-0.1, -0.05) is 54.6 Å². The monoisotopic (exact) mass is 464 g/mol. The number of nitrogens with zero attached hydrogens (tertiary/aromatic N) is 4. The molecule has 0 N–H and O–H groups in total. The number of hydrogen-bond donors (Lipinski definition) is 0. The molecule has 0 unspecified atom stereocenters. The standard InChI is InChI=1S/C32H24N4/c1-21-9-7-10-22(2)30(21)36-31(34-27-13-8-20-33-32(27)36)23-16-18-24(19-17-23)35-28-14-5-3-11-25(28)26-12-4-6-15-29(26)35/h3-20H,1-2H3. The van der Waals surface area contributed by atoms with Gasteiger partial charge in [0.2, 0.25) is 0 Å². The Balaban J connectivity index is 1.44. The van der Waals surface area contributed by atoms with Crippen LogP contribution in [0.15, 0.2) is 109 Å². The summed E-state index contributed by atoms with van der Waals surface area (Å²) in [4.78, 5) is 9.74. The molecule has 172 valence electrons. The van der Waals surface area contributed by atoms with E-state index in [1.165, 1.54) is 32.9 Å². The van der Waals surface area contributed by atoms with Crippen molar-refractivity contribution in [3.63, 3.8) is 0 Å². The van der Waals surface area contributed by atoms with Crippen molar-refractivity contribution in [1.82, 2.24) is 19.1 Å². The molecule has 0 aliphatic heterocycles. The van der Waals surface area contributed by atoms with E-state index >= 15 is 0 Å². The van der Waals surface area contributed by atoms with Crippen LogP contribution in [-0.4, -0.2) is 19.1 Å². The first-order valence-electron chi connectivity index (χ1n) is 12.2. The first kappa shape index (κ1) is 20.7. The second-order valence-electron chi connectivity index (χ2n) is 9.27. The number of imidazole rings is 1. The molecular formula is C32H24N4. The molecular weight excluding hydrogens is 440 g/mol. The van der Waals surface area contributed by atoms with E-state index in [4.69, 9.17) is 9.97 Å². The van der Waals surface area contributed by atoms with Crippen LogP contribution in [0.4, 0.5) is 0 Å². The lowest BCUT2D eigenvalue weighted by Crippen LogP contribution is -2.03. The van der Waals surface area contributed by atoms with Crippen molar-refractivity contribution in [2.75, 3.05) is 0 Å². The maximum atomic E-state index is 5.03. The summed E-state index contributed by atoms with van der Waals surface area (Å²) in [7, 11) is 0. The molecule has 0 radical (unpaired) electrons. The van der Waals surface area contributed by atoms with Gasteiger partial charge >= 0.3 is 0 Å². The highest BCUT2D eigenvalue weighted by molar-refractivity contribution is 6.09. The van der Waals surface area contributed by atoms with Crippen molar-refractivity contribution < 1.29 is 0 Å². The van der Waals surface area contributed by atoms with Crippen LogP contribution >= 0.6 is 0 Å². The minimum atomic E-state index is 0.872. The number of pyridine rings is 1. The van der Waals surface area contributed by atoms with E-state index in [2.05, 4.69) is 114 Å². The SMILES string of the molecule is Cc1cccc(C)c1-n1c(-c2ccc(-n3c4ccccc4c4ccccc43)cc2)nc2cccnc21. The van der Waals surface area contributed by atoms with Crippen molar-refractivity contribution in [2.45, 2.75) is 13.8 Å². The van der Waals surface area contributed by atoms with Crippen molar-refractivity contribution in [1.29, 1.82) is 0 Å². The highest BCUT2D eigenvalue weighted by Crippen LogP contribution is 2.34. The molecule has 3 aromatic heterocycles. The van der Waals surface area contributed by atoms with E-state index in [0.29, 0.717) is 0 Å². The predicted octanol–water partition coefficient (Wildman–Crippen LogP) is 7.80. The molecule has 4 heteroatoms. The minimum Gasteiger partial charge on any atom is -0.309 e. The third kappa shape index (κ3) is 3.01. The van der Waals surface area contributed by atoms with Crippen molar-refractivity contribution in [2.24, 2.45) is 0 Å². The number of fused-ring (bicyclic) bond motifs is 4. The molecule has 3 heterocycles. The van der Waals surface area contributed by atoms with Crippen LogP contribution < -0.4 is 0 Å². The fourth-order valence-electron chi connectivity index (χ4n) is 5.44. The topological polar surface area (TPSA) is 35.6 Å². The third-order valence-electron chi connectivity index (χ3n) is 7.04. The van der Waals surface area contributed by atoms with E-state index in [1.807, 2.05) is 18.3 Å². The number of benzene rings is 4. The van der Waals surface area contributed by atoms with Gasteiger partial charge in [-0.2, -0.15) is 0 Å². The quantitative estimate of drug-likeness (QED) is 0.267. The van der Waals surface area contributed by atoms with E-state index < -0.39 is 0 Å². The second kappa shape index (κ2) is 7.92. The zero-order valence-corrected chi connectivity index (χ0v) is 20.2. The fraction of sp³-hybridized carbons (Fsp3) is 0.0625. The van der Waals surface area contributed by atoms with Gasteiger partial charge in [0.05, 0.1) is 16.7 Å². The van der Waals surface area contributed by atoms with Crippen molar-refractivity contribution >= 4 is 33.0 Å². The van der Waals surface area contributed by atoms with Crippen LogP contribution in [0.2, 0.25) is 0 Å². The Kier molecular flexibility index (Phi) is 4.55. The Hall–Kier alpha value is -4.70. The lowest BCUT2D eigenvalue weighted by atomic mass is 10.1. The Labute approximate surface area is 209 Å². The van der Waals surface area contributed by atoms with Gasteiger partial charge in [-0.3, -0.25) is 4.57 Å². The van der Waals surface area contributed by atoms with Crippen LogP contribution in [0, 0.1) is 13.8 Å². The van der Waals surface area contributed by atoms with Crippen LogP contribution in [0.5, 0.6) is 0 Å². The molecule has 7 rings (SSSR count). The summed E-state index contributed by atoms with van der Waals surface area (Å²) in [6, 6.07) is 36.3. The highest BCUT2D eigenvalue weighted by atomic mass is 15.1. The van der Waals surface area contributed by atoms with Gasteiger partial charge in [-0.25, -0.2) is 9.97 Å². The molecule has 0 saturated carbocycles. The Morgan fingerprint density at radius 3 is 1.89 bits per heavy atom. The summed E-state index contributed by atoms with van der Waals surface area (Å²) in [5.74, 6) is 0.898. The Morgan fingerprint density at radius 2 is 1.22 bits per heavy atom. The van der Waals surface area contributed by atoms with Crippen LogP contribution in [0.3, 0.4) is 0 Å². The molecule has 7 aromatic rings. The molecule has 0 atom stereocenters. The maximum absolute atomic E-state index is 5.03. The summed E-state index contributed by atoms with van der Waals surface area (Å²) in [6.07, 6.45) is 1.84. The van der Waals surface area contributed by atoms with Gasteiger partial charge in [0.1, 0.15) is 11.3 Å². The zero-order chi connectivity index (χ0) is 24.2. The van der Waals surface area contributed by atoms with E-state index in [1.54, 1.807) is 0 Å². The summed E-state index contributed by atoms with van der Waals surface area (Å²) < 4.78 is 4.54. The average molecular weight is 465 g/mol. The Bertz CT molecular complexity index is 1830. The molecule has 0 saturated heterocycles. The molecule has 0 aliphatic rings. The van der Waals surface area contributed by atoms with E-state index in [-0.39, 0.29) is 0 Å². The average Bonchev–Trinajstić information content (AvgIpc) is 3.45. The molecule has 0 fully saturated rings. The fourth-order valence-corrected chi connectivity index (χ4v) is 5.44. The van der Waals surface area contributed by atoms with Gasteiger partial charge in [-0.15, -0.1) is 0 Å². The van der Waals surface area contributed by atoms with Crippen LogP contribution in [-0.2, 0) is 0 Å². The molecule has 4 aromatic carbocycles. The van der Waals surface area contributed by atoms with Gasteiger partial charge in [0.15, 0.2) is 5.65 Å². The highest BCUT2D eigenvalue weighted by Gasteiger charge is 2.18. The minimum absolute atomic E-state index is 0.872. The van der Waals surface area contributed by atoms with Gasteiger partial charge in [0.25, 0.3) is 0 Å². The van der Waals surface area contributed by atoms with Gasteiger partial charge in [-0.05, 0) is 73.5 Å². The zero-order valence-electron chi connectivity index (χ0n) is 20.2. The van der Waals surface area contributed by atoms with E-state index in [9.17, 15) is 0 Å². The molecule has 0 amide bonds. The molecule has 0 bridgehead atoms. The van der Waals surface area contributed by atoms with Crippen LogP contribution in [0.1, 0.15) is 11.1 Å². The molecule has 0 spiro atoms. The van der Waals surface area contributed by atoms with E-state index in [0.717, 1.165) is 33.9 Å². The summed E-state index contributed by atoms with van der Waals surface area (Å²) in [5.41, 5.74) is 9.89. The number of aromatic nitrogens is 4. The molecule has 0 aliphatic carbocycles. The smallest absolute Gasteiger partial charge is 0.164 e. The Morgan fingerprint density at radius 1 is 0.583 bits per heavy atom. The molecule has 4 nitrogen and oxygen atoms in total. The number of rotatable bonds is 3. The normalized spacial score (nSPS) is 11.6. The third-order valence-corrected chi connectivity index (χ3v) is 7.04. The summed E-state index contributed by atoms with van der Waals surface area (Å²) in [5, 5.41) is 2.53. The first-order chi connectivity index (χ1) is 17.7. The number of para-hydroxylation sites is 3. The lowest BCUT2D eigenvalue weighted by molar-refractivity contribution is 1.04.